The van der Waals surface area contributed by atoms with Crippen molar-refractivity contribution >= 4 is 42.1 Å². The zero-order valence-electron chi connectivity index (χ0n) is 28.7. The summed E-state index contributed by atoms with van der Waals surface area (Å²) in [6, 6.07) is 0. The van der Waals surface area contributed by atoms with E-state index in [1.54, 1.807) is 0 Å². The van der Waals surface area contributed by atoms with Gasteiger partial charge in [0.15, 0.2) is 5.79 Å². The first-order valence-corrected chi connectivity index (χ1v) is 19.8. The molecule has 6 bridgehead atoms. The van der Waals surface area contributed by atoms with E-state index < -0.39 is 45.6 Å². The van der Waals surface area contributed by atoms with Crippen molar-refractivity contribution in [2.75, 3.05) is 13.2 Å². The van der Waals surface area contributed by atoms with Gasteiger partial charge in [0.1, 0.15) is 42.6 Å². The molecule has 1 spiro atoms. The van der Waals surface area contributed by atoms with Crippen LogP contribution < -0.4 is 0 Å². The molecule has 1 aliphatic heterocycles. The number of carbonyl (C=O) groups excluding carboxylic acids is 5. The maximum absolute atomic E-state index is 13.9. The third-order valence-corrected chi connectivity index (χ3v) is 16.2. The fourth-order valence-corrected chi connectivity index (χ4v) is 13.9. The quantitative estimate of drug-likeness (QED) is 0.207. The van der Waals surface area contributed by atoms with E-state index in [1.807, 2.05) is 0 Å². The highest BCUT2D eigenvalue weighted by Gasteiger charge is 2.75. The molecule has 0 aromatic carbocycles. The lowest BCUT2D eigenvalue weighted by atomic mass is 9.53. The van der Waals surface area contributed by atoms with Gasteiger partial charge in [-0.1, -0.05) is 19.0 Å². The maximum atomic E-state index is 13.9. The van der Waals surface area contributed by atoms with E-state index in [4.69, 9.17) is 23.7 Å². The summed E-state index contributed by atoms with van der Waals surface area (Å²) in [5.74, 6) is -2.56. The number of thiol groups is 1. The van der Waals surface area contributed by atoms with Gasteiger partial charge >= 0.3 is 23.2 Å². The molecule has 0 aromatic rings. The van der Waals surface area contributed by atoms with E-state index in [0.717, 1.165) is 32.1 Å². The summed E-state index contributed by atoms with van der Waals surface area (Å²) in [5, 5.41) is -3.90. The van der Waals surface area contributed by atoms with Crippen LogP contribution in [0.3, 0.4) is 0 Å². The van der Waals surface area contributed by atoms with Crippen LogP contribution in [-0.4, -0.2) is 71.5 Å². The molecule has 10 aliphatic rings. The number of rotatable bonds is 8. The van der Waals surface area contributed by atoms with Crippen molar-refractivity contribution in [3.63, 3.8) is 0 Å². The molecule has 0 N–H and O–H groups in total. The monoisotopic (exact) mass is 732 g/mol. The van der Waals surface area contributed by atoms with Crippen LogP contribution in [-0.2, 0) is 47.7 Å². The zero-order chi connectivity index (χ0) is 35.3. The third-order valence-electron chi connectivity index (χ3n) is 16.1. The molecular weight excluding hydrogens is 686 g/mol. The SMILES string of the molecule is O=C1C2CCCC3(C(=O)OCC4OC5(OC4COC(=O)C46CC7CCC(=O)C(C4)C6C7)C4CCCC6(OC(=O)C(F)(F)S)CC4C5C6)CC1C2C3. The number of ketones is 2. The predicted octanol–water partition coefficient (Wildman–Crippen LogP) is 4.99. The topological polar surface area (TPSA) is 132 Å². The largest absolute Gasteiger partial charge is 0.462 e. The van der Waals surface area contributed by atoms with Crippen molar-refractivity contribution in [3.05, 3.63) is 0 Å². The third kappa shape index (κ3) is 4.61. The summed E-state index contributed by atoms with van der Waals surface area (Å²) in [5.41, 5.74) is -2.39. The summed E-state index contributed by atoms with van der Waals surface area (Å²) in [6.07, 6.45) is 8.09. The van der Waals surface area contributed by atoms with Gasteiger partial charge in [-0.2, -0.15) is 8.78 Å². The fraction of sp³-hybridized carbons (Fsp3) is 0.868. The molecule has 278 valence electrons. The predicted molar refractivity (Wildman–Crippen MR) is 173 cm³/mol. The first-order chi connectivity index (χ1) is 24.3. The van der Waals surface area contributed by atoms with Gasteiger partial charge in [-0.15, -0.1) is 0 Å². The fourth-order valence-electron chi connectivity index (χ4n) is 13.8. The van der Waals surface area contributed by atoms with Gasteiger partial charge in [0, 0.05) is 36.0 Å². The summed E-state index contributed by atoms with van der Waals surface area (Å²) in [4.78, 5) is 65.4. The Bertz CT molecular complexity index is 1600. The number of hydrogen-bond acceptors (Lipinski definition) is 11. The van der Waals surface area contributed by atoms with Crippen LogP contribution in [0, 0.1) is 64.1 Å². The summed E-state index contributed by atoms with van der Waals surface area (Å²) in [7, 11) is 0. The smallest absolute Gasteiger partial charge is 0.388 e. The number of halogens is 2. The molecule has 15 atom stereocenters. The van der Waals surface area contributed by atoms with Crippen LogP contribution in [0.5, 0.6) is 0 Å². The van der Waals surface area contributed by atoms with Gasteiger partial charge in [-0.25, -0.2) is 4.79 Å². The molecule has 10 fully saturated rings. The van der Waals surface area contributed by atoms with Crippen LogP contribution >= 0.6 is 12.6 Å². The van der Waals surface area contributed by atoms with Crippen molar-refractivity contribution < 1.29 is 56.4 Å². The molecule has 51 heavy (non-hydrogen) atoms. The lowest BCUT2D eigenvalue weighted by Gasteiger charge is -2.55. The number of Topliss-reactive ketones (excluding diaryl/α,β-unsaturated/α-hetero) is 2. The average Bonchev–Trinajstić information content (AvgIpc) is 3.70. The Morgan fingerprint density at radius 1 is 0.784 bits per heavy atom. The minimum Gasteiger partial charge on any atom is -0.462 e. The highest BCUT2D eigenvalue weighted by molar-refractivity contribution is 7.82. The second-order valence-corrected chi connectivity index (χ2v) is 18.8. The molecule has 10 nitrogen and oxygen atoms in total. The van der Waals surface area contributed by atoms with Crippen molar-refractivity contribution in [1.29, 1.82) is 0 Å². The second-order valence-electron chi connectivity index (χ2n) is 18.3. The lowest BCUT2D eigenvalue weighted by Crippen LogP contribution is -2.62. The number of alkyl halides is 2. The Labute approximate surface area is 300 Å². The van der Waals surface area contributed by atoms with Crippen LogP contribution in [0.25, 0.3) is 0 Å². The Balaban J connectivity index is 0.876. The van der Waals surface area contributed by atoms with Crippen LogP contribution in [0.15, 0.2) is 0 Å². The summed E-state index contributed by atoms with van der Waals surface area (Å²) < 4.78 is 58.9. The van der Waals surface area contributed by atoms with Gasteiger partial charge < -0.3 is 23.7 Å². The number of fused-ring (bicyclic) bond motifs is 5. The van der Waals surface area contributed by atoms with E-state index in [9.17, 15) is 32.8 Å². The van der Waals surface area contributed by atoms with Crippen molar-refractivity contribution in [3.8, 4) is 0 Å². The number of esters is 3. The van der Waals surface area contributed by atoms with Gasteiger partial charge in [0.05, 0.1) is 10.8 Å². The molecule has 0 aromatic heterocycles. The van der Waals surface area contributed by atoms with E-state index >= 15 is 0 Å². The van der Waals surface area contributed by atoms with E-state index in [-0.39, 0.29) is 84.1 Å². The molecule has 10 rings (SSSR count). The van der Waals surface area contributed by atoms with Gasteiger partial charge in [-0.3, -0.25) is 19.2 Å². The van der Waals surface area contributed by atoms with Crippen LogP contribution in [0.4, 0.5) is 8.78 Å². The Hall–Kier alpha value is -2.12. The molecule has 0 amide bonds. The summed E-state index contributed by atoms with van der Waals surface area (Å²) in [6.45, 7) is -0.220. The van der Waals surface area contributed by atoms with Crippen molar-refractivity contribution in [2.45, 2.75) is 125 Å². The zero-order valence-corrected chi connectivity index (χ0v) is 29.6. The standard InChI is InChI=1S/C38H46F2O10S/c39-38(40,51)33(45)50-35-8-2-4-24-22(13-35)26(15-35)37(24)48-28(16-46-31(43)34-7-1-3-19-20(11-34)21(12-34)30(19)42)29(49-37)17-47-32(44)36-10-18-5-6-27(41)23(14-36)25(36)9-18/h18-26,28-29,51H,1-17H2. The average molecular weight is 733 g/mol. The van der Waals surface area contributed by atoms with Gasteiger partial charge in [0.2, 0.25) is 0 Å². The molecule has 9 saturated carbocycles. The molecule has 9 aliphatic carbocycles. The molecule has 1 heterocycles. The van der Waals surface area contributed by atoms with Crippen molar-refractivity contribution in [1.82, 2.24) is 0 Å². The normalized spacial score (nSPS) is 51.1. The Kier molecular flexibility index (Phi) is 7.20. The molecule has 0 radical (unpaired) electrons. The highest BCUT2D eigenvalue weighted by Crippen LogP contribution is 2.70. The molecular formula is C38H46F2O10S. The first-order valence-electron chi connectivity index (χ1n) is 19.4. The van der Waals surface area contributed by atoms with E-state index in [0.29, 0.717) is 70.1 Å². The molecule has 13 heteroatoms. The number of hydrogen-bond donors (Lipinski definition) is 1. The minimum absolute atomic E-state index is 0.0226. The molecule has 1 saturated heterocycles. The van der Waals surface area contributed by atoms with E-state index in [1.165, 1.54) is 0 Å². The molecule has 15 unspecified atom stereocenters. The van der Waals surface area contributed by atoms with Crippen LogP contribution in [0.2, 0.25) is 0 Å². The first kappa shape index (κ1) is 33.4. The van der Waals surface area contributed by atoms with Crippen molar-refractivity contribution in [2.24, 2.45) is 64.1 Å². The summed E-state index contributed by atoms with van der Waals surface area (Å²) >= 11 is 3.15. The number of ether oxygens (including phenoxy) is 5. The Morgan fingerprint density at radius 2 is 1.53 bits per heavy atom. The van der Waals surface area contributed by atoms with Gasteiger partial charge in [-0.05, 0) is 107 Å². The second kappa shape index (κ2) is 11.0. The maximum Gasteiger partial charge on any atom is 0.388 e. The number of carbonyl (C=O) groups is 5. The Morgan fingerprint density at radius 3 is 2.29 bits per heavy atom. The highest BCUT2D eigenvalue weighted by atomic mass is 32.1. The van der Waals surface area contributed by atoms with Gasteiger partial charge in [0.25, 0.3) is 0 Å². The van der Waals surface area contributed by atoms with Crippen LogP contribution in [0.1, 0.15) is 96.3 Å². The van der Waals surface area contributed by atoms with E-state index in [2.05, 4.69) is 12.6 Å². The lowest BCUT2D eigenvalue weighted by molar-refractivity contribution is -0.327. The minimum atomic E-state index is -3.90.